The highest BCUT2D eigenvalue weighted by molar-refractivity contribution is 5.80. The average molecular weight is 329 g/mol. The van der Waals surface area contributed by atoms with Gasteiger partial charge in [-0.3, -0.25) is 4.99 Å². The fourth-order valence-corrected chi connectivity index (χ4v) is 3.54. The van der Waals surface area contributed by atoms with Crippen LogP contribution in [0.25, 0.3) is 0 Å². The molecule has 0 amide bonds. The van der Waals surface area contributed by atoms with Crippen LogP contribution in [0, 0.1) is 5.92 Å². The Morgan fingerprint density at radius 3 is 2.62 bits per heavy atom. The van der Waals surface area contributed by atoms with E-state index in [4.69, 9.17) is 9.73 Å². The molecule has 24 heavy (non-hydrogen) atoms. The molecular weight excluding hydrogens is 298 g/mol. The van der Waals surface area contributed by atoms with Crippen molar-refractivity contribution in [3.8, 4) is 5.75 Å². The minimum Gasteiger partial charge on any atom is -0.490 e. The molecule has 0 spiro atoms. The van der Waals surface area contributed by atoms with E-state index in [1.807, 2.05) is 30.3 Å². The summed E-state index contributed by atoms with van der Waals surface area (Å²) in [5.74, 6) is 2.95. The number of ether oxygens (including phenoxy) is 1. The third kappa shape index (κ3) is 4.65. The van der Waals surface area contributed by atoms with Crippen LogP contribution in [0.2, 0.25) is 0 Å². The number of nitrogens with one attached hydrogen (secondary N) is 1. The van der Waals surface area contributed by atoms with E-state index in [-0.39, 0.29) is 0 Å². The summed E-state index contributed by atoms with van der Waals surface area (Å²) in [5, 5.41) is 3.70. The third-order valence-corrected chi connectivity index (χ3v) is 4.99. The zero-order valence-electron chi connectivity index (χ0n) is 15.1. The monoisotopic (exact) mass is 329 g/mol. The Balaban J connectivity index is 1.47. The molecule has 1 aromatic carbocycles. The lowest BCUT2D eigenvalue weighted by Gasteiger charge is -2.34. The second-order valence-corrected chi connectivity index (χ2v) is 6.95. The SMILES string of the molecule is CCCC1CC1NC(=NCC)N1CCC(Oc2ccccc2)CC1. The van der Waals surface area contributed by atoms with Crippen LogP contribution in [0.3, 0.4) is 0 Å². The molecule has 2 unspecified atom stereocenters. The molecule has 0 radical (unpaired) electrons. The van der Waals surface area contributed by atoms with Crippen LogP contribution >= 0.6 is 0 Å². The van der Waals surface area contributed by atoms with E-state index >= 15 is 0 Å². The minimum absolute atomic E-state index is 0.320. The Morgan fingerprint density at radius 2 is 1.96 bits per heavy atom. The first-order chi connectivity index (χ1) is 11.8. The molecule has 2 aliphatic rings. The van der Waals surface area contributed by atoms with Gasteiger partial charge in [0.15, 0.2) is 5.96 Å². The van der Waals surface area contributed by atoms with Crippen LogP contribution < -0.4 is 10.1 Å². The van der Waals surface area contributed by atoms with Crippen LogP contribution in [0.5, 0.6) is 5.75 Å². The molecule has 1 aliphatic heterocycles. The average Bonchev–Trinajstić information content (AvgIpc) is 3.34. The molecule has 1 aromatic rings. The van der Waals surface area contributed by atoms with Gasteiger partial charge in [-0.05, 0) is 37.8 Å². The van der Waals surface area contributed by atoms with E-state index < -0.39 is 0 Å². The molecular formula is C20H31N3O. The maximum atomic E-state index is 6.10. The highest BCUT2D eigenvalue weighted by atomic mass is 16.5. The standard InChI is InChI=1S/C20H31N3O/c1-3-8-16-15-19(16)22-20(21-4-2)23-13-11-18(12-14-23)24-17-9-6-5-7-10-17/h5-7,9-10,16,18-19H,3-4,8,11-15H2,1-2H3,(H,21,22). The third-order valence-electron chi connectivity index (χ3n) is 4.99. The molecule has 1 heterocycles. The topological polar surface area (TPSA) is 36.9 Å². The second kappa shape index (κ2) is 8.41. The molecule has 0 bridgehead atoms. The van der Waals surface area contributed by atoms with E-state index in [0.29, 0.717) is 12.1 Å². The van der Waals surface area contributed by atoms with Crippen molar-refractivity contribution in [1.29, 1.82) is 0 Å². The van der Waals surface area contributed by atoms with Gasteiger partial charge < -0.3 is 15.0 Å². The van der Waals surface area contributed by atoms with Crippen molar-refractivity contribution in [3.05, 3.63) is 30.3 Å². The lowest BCUT2D eigenvalue weighted by atomic mass is 10.1. The number of benzene rings is 1. The fourth-order valence-electron chi connectivity index (χ4n) is 3.54. The van der Waals surface area contributed by atoms with E-state index in [9.17, 15) is 0 Å². The smallest absolute Gasteiger partial charge is 0.194 e. The highest BCUT2D eigenvalue weighted by Crippen LogP contribution is 2.34. The van der Waals surface area contributed by atoms with Crippen molar-refractivity contribution < 1.29 is 4.74 Å². The highest BCUT2D eigenvalue weighted by Gasteiger charge is 2.37. The van der Waals surface area contributed by atoms with Crippen LogP contribution in [-0.2, 0) is 0 Å². The second-order valence-electron chi connectivity index (χ2n) is 6.95. The van der Waals surface area contributed by atoms with Gasteiger partial charge in [0.2, 0.25) is 0 Å². The number of rotatable bonds is 6. The fraction of sp³-hybridized carbons (Fsp3) is 0.650. The van der Waals surface area contributed by atoms with Gasteiger partial charge in [-0.2, -0.15) is 0 Å². The Kier molecular flexibility index (Phi) is 6.00. The van der Waals surface area contributed by atoms with E-state index in [0.717, 1.165) is 50.1 Å². The summed E-state index contributed by atoms with van der Waals surface area (Å²) < 4.78 is 6.10. The predicted molar refractivity (Wildman–Crippen MR) is 99.6 cm³/mol. The number of aliphatic imine (C=N–C) groups is 1. The molecule has 1 aliphatic carbocycles. The maximum Gasteiger partial charge on any atom is 0.194 e. The number of piperidine rings is 1. The molecule has 132 valence electrons. The predicted octanol–water partition coefficient (Wildman–Crippen LogP) is 3.68. The van der Waals surface area contributed by atoms with Crippen molar-refractivity contribution in [2.75, 3.05) is 19.6 Å². The first kappa shape index (κ1) is 17.1. The van der Waals surface area contributed by atoms with Crippen molar-refractivity contribution in [3.63, 3.8) is 0 Å². The van der Waals surface area contributed by atoms with Crippen LogP contribution in [0.15, 0.2) is 35.3 Å². The van der Waals surface area contributed by atoms with Gasteiger partial charge in [0.25, 0.3) is 0 Å². The molecule has 4 nitrogen and oxygen atoms in total. The molecule has 4 heteroatoms. The van der Waals surface area contributed by atoms with Gasteiger partial charge >= 0.3 is 0 Å². The number of hydrogen-bond donors (Lipinski definition) is 1. The lowest BCUT2D eigenvalue weighted by molar-refractivity contribution is 0.129. The van der Waals surface area contributed by atoms with Gasteiger partial charge in [0, 0.05) is 38.5 Å². The molecule has 0 aromatic heterocycles. The Morgan fingerprint density at radius 1 is 1.21 bits per heavy atom. The van der Waals surface area contributed by atoms with Crippen LogP contribution in [0.1, 0.15) is 46.0 Å². The number of guanidine groups is 1. The van der Waals surface area contributed by atoms with Crippen molar-refractivity contribution in [2.45, 2.75) is 58.1 Å². The summed E-state index contributed by atoms with van der Waals surface area (Å²) >= 11 is 0. The van der Waals surface area contributed by atoms with Crippen LogP contribution in [0.4, 0.5) is 0 Å². The van der Waals surface area contributed by atoms with Gasteiger partial charge in [0.05, 0.1) is 0 Å². The summed E-state index contributed by atoms with van der Waals surface area (Å²) in [4.78, 5) is 7.13. The Hall–Kier alpha value is -1.71. The van der Waals surface area contributed by atoms with Gasteiger partial charge in [-0.25, -0.2) is 0 Å². The number of likely N-dealkylation sites (tertiary alicyclic amines) is 1. The lowest BCUT2D eigenvalue weighted by Crippen LogP contribution is -2.48. The first-order valence-electron chi connectivity index (χ1n) is 9.57. The zero-order valence-corrected chi connectivity index (χ0v) is 15.1. The number of para-hydroxylation sites is 1. The molecule has 1 N–H and O–H groups in total. The van der Waals surface area contributed by atoms with Crippen molar-refractivity contribution >= 4 is 5.96 Å². The molecule has 3 rings (SSSR count). The number of hydrogen-bond acceptors (Lipinski definition) is 2. The Bertz CT molecular complexity index is 523. The summed E-state index contributed by atoms with van der Waals surface area (Å²) in [6, 6.07) is 10.8. The Labute approximate surface area is 146 Å². The van der Waals surface area contributed by atoms with Crippen molar-refractivity contribution in [1.82, 2.24) is 10.2 Å². The first-order valence-corrected chi connectivity index (χ1v) is 9.57. The quantitative estimate of drug-likeness (QED) is 0.639. The summed E-state index contributed by atoms with van der Waals surface area (Å²) in [5.41, 5.74) is 0. The van der Waals surface area contributed by atoms with E-state index in [2.05, 4.69) is 24.1 Å². The molecule has 2 atom stereocenters. The number of nitrogens with zero attached hydrogens (tertiary/aromatic N) is 2. The maximum absolute atomic E-state index is 6.10. The van der Waals surface area contributed by atoms with Gasteiger partial charge in [0.1, 0.15) is 11.9 Å². The largest absolute Gasteiger partial charge is 0.490 e. The minimum atomic E-state index is 0.320. The summed E-state index contributed by atoms with van der Waals surface area (Å²) in [7, 11) is 0. The molecule has 2 fully saturated rings. The van der Waals surface area contributed by atoms with Gasteiger partial charge in [-0.1, -0.05) is 31.5 Å². The molecule has 1 saturated heterocycles. The molecule has 1 saturated carbocycles. The summed E-state index contributed by atoms with van der Waals surface area (Å²) in [6.07, 6.45) is 6.37. The summed E-state index contributed by atoms with van der Waals surface area (Å²) in [6.45, 7) is 7.27. The normalized spacial score (nSPS) is 24.8. The van der Waals surface area contributed by atoms with E-state index in [1.165, 1.54) is 19.3 Å². The van der Waals surface area contributed by atoms with E-state index in [1.54, 1.807) is 0 Å². The van der Waals surface area contributed by atoms with Gasteiger partial charge in [-0.15, -0.1) is 0 Å². The zero-order chi connectivity index (χ0) is 16.8. The van der Waals surface area contributed by atoms with Crippen molar-refractivity contribution in [2.24, 2.45) is 10.9 Å². The van der Waals surface area contributed by atoms with Crippen LogP contribution in [-0.4, -0.2) is 42.6 Å².